The molecule has 0 radical (unpaired) electrons. The van der Waals surface area contributed by atoms with Gasteiger partial charge in [-0.1, -0.05) is 18.2 Å². The van der Waals surface area contributed by atoms with Gasteiger partial charge in [-0.05, 0) is 25.5 Å². The van der Waals surface area contributed by atoms with Crippen molar-refractivity contribution in [2.24, 2.45) is 0 Å². The predicted molar refractivity (Wildman–Crippen MR) is 108 cm³/mol. The van der Waals surface area contributed by atoms with Gasteiger partial charge in [0.05, 0.1) is 17.1 Å². The highest BCUT2D eigenvalue weighted by Gasteiger charge is 2.21. The first-order valence-corrected chi connectivity index (χ1v) is 11.2. The normalized spacial score (nSPS) is 20.9. The lowest BCUT2D eigenvalue weighted by Crippen LogP contribution is -2.41. The van der Waals surface area contributed by atoms with Crippen molar-refractivity contribution in [1.29, 1.82) is 0 Å². The van der Waals surface area contributed by atoms with Crippen LogP contribution < -0.4 is 0 Å². The van der Waals surface area contributed by atoms with Crippen LogP contribution in [0.3, 0.4) is 0 Å². The molecule has 2 rings (SSSR count). The van der Waals surface area contributed by atoms with Gasteiger partial charge in [0.25, 0.3) is 10.1 Å². The summed E-state index contributed by atoms with van der Waals surface area (Å²) in [6, 6.07) is 6.50. The van der Waals surface area contributed by atoms with Gasteiger partial charge in [0, 0.05) is 58.9 Å². The van der Waals surface area contributed by atoms with E-state index in [4.69, 9.17) is 0 Å². The van der Waals surface area contributed by atoms with Crippen LogP contribution in [0.2, 0.25) is 0 Å². The van der Waals surface area contributed by atoms with Gasteiger partial charge >= 0.3 is 0 Å². The molecule has 0 aliphatic carbocycles. The van der Waals surface area contributed by atoms with E-state index in [0.717, 1.165) is 39.3 Å². The van der Waals surface area contributed by atoms with Crippen molar-refractivity contribution in [3.8, 4) is 0 Å². The first-order valence-electron chi connectivity index (χ1n) is 9.73. The summed E-state index contributed by atoms with van der Waals surface area (Å²) < 4.78 is 32.9. The van der Waals surface area contributed by atoms with Crippen LogP contribution >= 0.6 is 0 Å². The van der Waals surface area contributed by atoms with E-state index >= 15 is 0 Å². The fourth-order valence-corrected chi connectivity index (χ4v) is 4.30. The zero-order chi connectivity index (χ0) is 20.7. The highest BCUT2D eigenvalue weighted by molar-refractivity contribution is 7.85. The largest absolute Gasteiger partial charge is 0.392 e. The molecule has 3 N–H and O–H groups in total. The predicted octanol–water partition coefficient (Wildman–Crippen LogP) is 0.115. The summed E-state index contributed by atoms with van der Waals surface area (Å²) in [5.74, 6) is 0. The Hall–Kier alpha value is -1.07. The van der Waals surface area contributed by atoms with E-state index in [1.165, 1.54) is 6.07 Å². The van der Waals surface area contributed by atoms with Gasteiger partial charge in [0.15, 0.2) is 0 Å². The number of aliphatic hydroxyl groups is 2. The second kappa shape index (κ2) is 10.6. The van der Waals surface area contributed by atoms with Gasteiger partial charge in [-0.2, -0.15) is 8.42 Å². The van der Waals surface area contributed by atoms with Crippen LogP contribution in [0.4, 0.5) is 0 Å². The highest BCUT2D eigenvalue weighted by Crippen LogP contribution is 2.17. The topological polar surface area (TPSA) is 105 Å². The number of hydrogen-bond donors (Lipinski definition) is 3. The van der Waals surface area contributed by atoms with E-state index in [0.29, 0.717) is 25.2 Å². The van der Waals surface area contributed by atoms with E-state index in [1.807, 2.05) is 0 Å². The number of benzene rings is 1. The van der Waals surface area contributed by atoms with E-state index < -0.39 is 22.3 Å². The minimum atomic E-state index is -4.27. The Morgan fingerprint density at radius 2 is 1.29 bits per heavy atom. The Morgan fingerprint density at radius 3 is 1.71 bits per heavy atom. The van der Waals surface area contributed by atoms with Crippen LogP contribution in [0.15, 0.2) is 29.2 Å². The average Bonchev–Trinajstić information content (AvgIpc) is 2.67. The van der Waals surface area contributed by atoms with Crippen molar-refractivity contribution in [1.82, 2.24) is 14.7 Å². The van der Waals surface area contributed by atoms with Crippen LogP contribution in [0.5, 0.6) is 0 Å². The molecule has 0 saturated carbocycles. The molecule has 0 bridgehead atoms. The van der Waals surface area contributed by atoms with Crippen molar-refractivity contribution in [2.45, 2.75) is 37.5 Å². The van der Waals surface area contributed by atoms with Crippen molar-refractivity contribution < 1.29 is 23.2 Å². The van der Waals surface area contributed by atoms with Crippen molar-refractivity contribution in [3.63, 3.8) is 0 Å². The third-order valence-corrected chi connectivity index (χ3v) is 5.84. The number of rotatable bonds is 7. The van der Waals surface area contributed by atoms with Gasteiger partial charge in [-0.15, -0.1) is 0 Å². The van der Waals surface area contributed by atoms with Gasteiger partial charge in [-0.3, -0.25) is 19.3 Å². The average molecular weight is 416 g/mol. The lowest BCUT2D eigenvalue weighted by atomic mass is 10.2. The van der Waals surface area contributed by atoms with Crippen LogP contribution in [0.1, 0.15) is 19.4 Å². The Bertz CT molecular complexity index is 689. The Labute approximate surface area is 168 Å². The first-order chi connectivity index (χ1) is 13.1. The summed E-state index contributed by atoms with van der Waals surface area (Å²) in [7, 11) is -4.27. The molecular weight excluding hydrogens is 382 g/mol. The Morgan fingerprint density at radius 1 is 0.857 bits per heavy atom. The number of nitrogens with zero attached hydrogens (tertiary/aromatic N) is 3. The molecule has 1 saturated heterocycles. The van der Waals surface area contributed by atoms with Gasteiger partial charge in [0.1, 0.15) is 0 Å². The third kappa shape index (κ3) is 7.75. The molecule has 9 heteroatoms. The number of β-amino-alcohol motifs (C(OH)–C–C–N with tert-alkyl or cyclic N) is 2. The maximum absolute atomic E-state index is 11.7. The van der Waals surface area contributed by atoms with E-state index in [1.54, 1.807) is 32.0 Å². The lowest BCUT2D eigenvalue weighted by molar-refractivity contribution is 0.102. The molecule has 0 spiro atoms. The van der Waals surface area contributed by atoms with Crippen LogP contribution in [-0.2, 0) is 16.7 Å². The van der Waals surface area contributed by atoms with Crippen molar-refractivity contribution >= 4 is 10.1 Å². The van der Waals surface area contributed by atoms with Crippen LogP contribution in [0, 0.1) is 0 Å². The van der Waals surface area contributed by atoms with E-state index in [2.05, 4.69) is 14.7 Å². The van der Waals surface area contributed by atoms with E-state index in [-0.39, 0.29) is 4.90 Å². The molecule has 1 fully saturated rings. The highest BCUT2D eigenvalue weighted by atomic mass is 32.2. The van der Waals surface area contributed by atoms with Crippen molar-refractivity contribution in [2.75, 3.05) is 52.4 Å². The Kier molecular flexibility index (Phi) is 8.81. The quantitative estimate of drug-likeness (QED) is 0.539. The molecule has 8 nitrogen and oxygen atoms in total. The second-order valence-corrected chi connectivity index (χ2v) is 9.05. The summed E-state index contributed by atoms with van der Waals surface area (Å²) in [5, 5.41) is 19.5. The standard InChI is InChI=1S/C19H33N3O5S/c1-16(23)13-20-7-8-21(14-17(2)24)10-12-22(11-9-20)15-18-5-3-4-6-19(18)28(25,26)27/h3-6,16-17,23-24H,7-15H2,1-2H3,(H,25,26,27). The summed E-state index contributed by atoms with van der Waals surface area (Å²) in [5.41, 5.74) is 0.563. The summed E-state index contributed by atoms with van der Waals surface area (Å²) in [4.78, 5) is 6.47. The maximum Gasteiger partial charge on any atom is 0.294 e. The van der Waals surface area contributed by atoms with Crippen LogP contribution in [0.25, 0.3) is 0 Å². The fraction of sp³-hybridized carbons (Fsp3) is 0.684. The molecular formula is C19H33N3O5S. The monoisotopic (exact) mass is 415 g/mol. The second-order valence-electron chi connectivity index (χ2n) is 7.66. The number of hydrogen-bond acceptors (Lipinski definition) is 7. The molecule has 0 amide bonds. The van der Waals surface area contributed by atoms with Crippen LogP contribution in [-0.4, -0.2) is 102 Å². The minimum absolute atomic E-state index is 0.0588. The molecule has 2 atom stereocenters. The molecule has 1 aromatic rings. The zero-order valence-electron chi connectivity index (χ0n) is 16.7. The van der Waals surface area contributed by atoms with Gasteiger partial charge in [0.2, 0.25) is 0 Å². The number of aliphatic hydroxyl groups excluding tert-OH is 2. The molecule has 1 aliphatic rings. The smallest absolute Gasteiger partial charge is 0.294 e. The summed E-state index contributed by atoms with van der Waals surface area (Å²) >= 11 is 0. The van der Waals surface area contributed by atoms with Gasteiger partial charge in [-0.25, -0.2) is 0 Å². The maximum atomic E-state index is 11.7. The fourth-order valence-electron chi connectivity index (χ4n) is 3.58. The molecule has 28 heavy (non-hydrogen) atoms. The Balaban J connectivity index is 2.16. The first kappa shape index (κ1) is 23.2. The SMILES string of the molecule is CC(O)CN1CCN(Cc2ccccc2S(=O)(=O)O)CCN(CC(C)O)CC1. The molecule has 1 heterocycles. The lowest BCUT2D eigenvalue weighted by Gasteiger charge is -2.27. The molecule has 0 aromatic heterocycles. The van der Waals surface area contributed by atoms with E-state index in [9.17, 15) is 23.2 Å². The molecule has 1 aromatic carbocycles. The van der Waals surface area contributed by atoms with Crippen molar-refractivity contribution in [3.05, 3.63) is 29.8 Å². The minimum Gasteiger partial charge on any atom is -0.392 e. The third-order valence-electron chi connectivity index (χ3n) is 4.89. The molecule has 2 unspecified atom stereocenters. The summed E-state index contributed by atoms with van der Waals surface area (Å²) in [6.07, 6.45) is -0.862. The van der Waals surface area contributed by atoms with Gasteiger partial charge < -0.3 is 10.2 Å². The molecule has 160 valence electrons. The molecule has 1 aliphatic heterocycles. The summed E-state index contributed by atoms with van der Waals surface area (Å²) in [6.45, 7) is 9.60. The zero-order valence-corrected chi connectivity index (χ0v) is 17.6.